The van der Waals surface area contributed by atoms with Gasteiger partial charge in [0.05, 0.1) is 0 Å². The van der Waals surface area contributed by atoms with Gasteiger partial charge in [-0.05, 0) is 0 Å². The SMILES string of the molecule is CNC(=O)NC.CNS(=O)(=O)NC. The van der Waals surface area contributed by atoms with E-state index in [4.69, 9.17) is 0 Å². The molecule has 0 fully saturated rings. The highest BCUT2D eigenvalue weighted by Crippen LogP contribution is 1.63. The number of carbonyl (C=O) groups is 1. The summed E-state index contributed by atoms with van der Waals surface area (Å²) in [6.45, 7) is 0. The molecule has 80 valence electrons. The van der Waals surface area contributed by atoms with E-state index in [-0.39, 0.29) is 6.03 Å². The van der Waals surface area contributed by atoms with Crippen LogP contribution >= 0.6 is 0 Å². The lowest BCUT2D eigenvalue weighted by Crippen LogP contribution is -2.30. The Kier molecular flexibility index (Phi) is 8.76. The molecule has 7 nitrogen and oxygen atoms in total. The van der Waals surface area contributed by atoms with Crippen LogP contribution in [0.2, 0.25) is 0 Å². The van der Waals surface area contributed by atoms with Crippen molar-refractivity contribution in [1.82, 2.24) is 20.1 Å². The fourth-order valence-corrected chi connectivity index (χ4v) is 0.431. The zero-order valence-electron chi connectivity index (χ0n) is 8.13. The Morgan fingerprint density at radius 2 is 1.23 bits per heavy atom. The van der Waals surface area contributed by atoms with Crippen LogP contribution in [-0.4, -0.2) is 42.6 Å². The van der Waals surface area contributed by atoms with E-state index in [9.17, 15) is 13.2 Å². The summed E-state index contributed by atoms with van der Waals surface area (Å²) in [5, 5.41) is 4.73. The molecule has 0 unspecified atom stereocenters. The molecule has 0 spiro atoms. The molecule has 0 heterocycles. The molecule has 0 aliphatic rings. The summed E-state index contributed by atoms with van der Waals surface area (Å²) in [6, 6.07) is -0.157. The highest BCUT2D eigenvalue weighted by molar-refractivity contribution is 7.87. The fourth-order valence-electron chi connectivity index (χ4n) is 0.227. The molecule has 0 bridgehead atoms. The molecule has 13 heavy (non-hydrogen) atoms. The molecule has 8 heteroatoms. The average molecular weight is 212 g/mol. The van der Waals surface area contributed by atoms with Crippen molar-refractivity contribution in [3.63, 3.8) is 0 Å². The first kappa shape index (κ1) is 14.7. The highest BCUT2D eigenvalue weighted by atomic mass is 32.2. The maximum absolute atomic E-state index is 10.1. The first-order valence-corrected chi connectivity index (χ1v) is 4.93. The standard InChI is InChI=1S/C3H8N2O.C2H8N2O2S/c1-4-3(6)5-2;1-3-7(5,6)4-2/h1-2H3,(H2,4,5,6);3-4H,1-2H3. The molecule has 2 amide bonds. The molecule has 0 saturated carbocycles. The lowest BCUT2D eigenvalue weighted by Gasteiger charge is -1.94. The summed E-state index contributed by atoms with van der Waals surface area (Å²) < 4.78 is 24.4. The van der Waals surface area contributed by atoms with Crippen molar-refractivity contribution in [2.24, 2.45) is 0 Å². The van der Waals surface area contributed by atoms with Gasteiger partial charge >= 0.3 is 6.03 Å². The third-order valence-electron chi connectivity index (χ3n) is 0.992. The van der Waals surface area contributed by atoms with Crippen LogP contribution in [0, 0.1) is 0 Å². The number of amides is 2. The van der Waals surface area contributed by atoms with Gasteiger partial charge in [-0.2, -0.15) is 8.42 Å². The second kappa shape index (κ2) is 7.77. The minimum Gasteiger partial charge on any atom is -0.341 e. The second-order valence-corrected chi connectivity index (χ2v) is 3.56. The van der Waals surface area contributed by atoms with Gasteiger partial charge in [0.25, 0.3) is 10.2 Å². The Morgan fingerprint density at radius 3 is 1.23 bits per heavy atom. The number of rotatable bonds is 2. The molecular weight excluding hydrogens is 196 g/mol. The van der Waals surface area contributed by atoms with Crippen LogP contribution in [-0.2, 0) is 10.2 Å². The van der Waals surface area contributed by atoms with Crippen LogP contribution < -0.4 is 20.1 Å². The quantitative estimate of drug-likeness (QED) is 0.435. The van der Waals surface area contributed by atoms with Crippen LogP contribution in [0.5, 0.6) is 0 Å². The van der Waals surface area contributed by atoms with Gasteiger partial charge in [0.15, 0.2) is 0 Å². The van der Waals surface area contributed by atoms with Crippen molar-refractivity contribution in [3.05, 3.63) is 0 Å². The van der Waals surface area contributed by atoms with Gasteiger partial charge in [0, 0.05) is 28.2 Å². The van der Waals surface area contributed by atoms with E-state index in [2.05, 4.69) is 20.1 Å². The highest BCUT2D eigenvalue weighted by Gasteiger charge is 1.96. The lowest BCUT2D eigenvalue weighted by atomic mass is 11.0. The van der Waals surface area contributed by atoms with E-state index in [1.807, 2.05) is 0 Å². The lowest BCUT2D eigenvalue weighted by molar-refractivity contribution is 0.245. The van der Waals surface area contributed by atoms with E-state index in [0.29, 0.717) is 0 Å². The molecule has 0 radical (unpaired) electrons. The van der Waals surface area contributed by atoms with Gasteiger partial charge < -0.3 is 10.6 Å². The molecule has 0 aliphatic heterocycles. The van der Waals surface area contributed by atoms with E-state index in [0.717, 1.165) is 0 Å². The van der Waals surface area contributed by atoms with Crippen LogP contribution in [0.25, 0.3) is 0 Å². The summed E-state index contributed by atoms with van der Waals surface area (Å²) >= 11 is 0. The summed E-state index contributed by atoms with van der Waals surface area (Å²) in [5.74, 6) is 0. The Morgan fingerprint density at radius 1 is 0.923 bits per heavy atom. The monoisotopic (exact) mass is 212 g/mol. The molecule has 0 aromatic rings. The van der Waals surface area contributed by atoms with Gasteiger partial charge in [0.1, 0.15) is 0 Å². The fraction of sp³-hybridized carbons (Fsp3) is 0.800. The van der Waals surface area contributed by atoms with E-state index in [1.54, 1.807) is 14.1 Å². The van der Waals surface area contributed by atoms with Crippen molar-refractivity contribution in [1.29, 1.82) is 0 Å². The summed E-state index contributed by atoms with van der Waals surface area (Å²) in [4.78, 5) is 9.96. The third-order valence-corrected chi connectivity index (χ3v) is 2.07. The number of carbonyl (C=O) groups excluding carboxylic acids is 1. The molecule has 4 N–H and O–H groups in total. The topological polar surface area (TPSA) is 99.3 Å². The minimum atomic E-state index is -3.16. The zero-order chi connectivity index (χ0) is 10.9. The van der Waals surface area contributed by atoms with Gasteiger partial charge in [0.2, 0.25) is 0 Å². The van der Waals surface area contributed by atoms with E-state index in [1.165, 1.54) is 14.1 Å². The van der Waals surface area contributed by atoms with Crippen LogP contribution in [0.4, 0.5) is 4.79 Å². The molecule has 0 aromatic heterocycles. The normalized spacial score (nSPS) is 9.54. The molecular formula is C5H16N4O3S. The van der Waals surface area contributed by atoms with Crippen molar-refractivity contribution < 1.29 is 13.2 Å². The van der Waals surface area contributed by atoms with Crippen molar-refractivity contribution in [3.8, 4) is 0 Å². The first-order valence-electron chi connectivity index (χ1n) is 3.45. The zero-order valence-corrected chi connectivity index (χ0v) is 8.95. The van der Waals surface area contributed by atoms with Gasteiger partial charge in [-0.25, -0.2) is 14.2 Å². The Balaban J connectivity index is 0. The van der Waals surface area contributed by atoms with E-state index < -0.39 is 10.2 Å². The molecule has 0 aliphatic carbocycles. The summed E-state index contributed by atoms with van der Waals surface area (Å²) in [6.07, 6.45) is 0. The average Bonchev–Trinajstić information content (AvgIpc) is 2.17. The predicted octanol–water partition coefficient (Wildman–Crippen LogP) is -1.78. The van der Waals surface area contributed by atoms with Crippen molar-refractivity contribution in [2.75, 3.05) is 28.2 Å². The van der Waals surface area contributed by atoms with Crippen LogP contribution in [0.3, 0.4) is 0 Å². The smallest absolute Gasteiger partial charge is 0.314 e. The van der Waals surface area contributed by atoms with Crippen LogP contribution in [0.15, 0.2) is 0 Å². The Labute approximate surface area is 78.5 Å². The number of nitrogens with one attached hydrogen (secondary N) is 4. The minimum absolute atomic E-state index is 0.157. The number of urea groups is 1. The van der Waals surface area contributed by atoms with Crippen molar-refractivity contribution in [2.45, 2.75) is 0 Å². The Hall–Kier alpha value is -0.860. The van der Waals surface area contributed by atoms with Gasteiger partial charge in [-0.3, -0.25) is 0 Å². The number of hydrogen-bond acceptors (Lipinski definition) is 3. The maximum Gasteiger partial charge on any atom is 0.314 e. The maximum atomic E-state index is 10.1. The molecule has 0 rings (SSSR count). The first-order chi connectivity index (χ1) is 5.93. The Bertz CT molecular complexity index is 210. The largest absolute Gasteiger partial charge is 0.341 e. The second-order valence-electron chi connectivity index (χ2n) is 1.74. The number of hydrogen-bond donors (Lipinski definition) is 4. The molecule has 0 aromatic carbocycles. The van der Waals surface area contributed by atoms with Crippen molar-refractivity contribution >= 4 is 16.2 Å². The molecule has 0 atom stereocenters. The predicted molar refractivity (Wildman–Crippen MR) is 50.6 cm³/mol. The molecule has 0 saturated heterocycles. The van der Waals surface area contributed by atoms with Gasteiger partial charge in [-0.1, -0.05) is 0 Å². The third kappa shape index (κ3) is 11.1. The summed E-state index contributed by atoms with van der Waals surface area (Å²) in [7, 11) is 2.66. The summed E-state index contributed by atoms with van der Waals surface area (Å²) in [5.41, 5.74) is 0. The van der Waals surface area contributed by atoms with Crippen LogP contribution in [0.1, 0.15) is 0 Å². The van der Waals surface area contributed by atoms with E-state index >= 15 is 0 Å². The van der Waals surface area contributed by atoms with Gasteiger partial charge in [-0.15, -0.1) is 0 Å².